The molecule has 1 rings (SSSR count). The van der Waals surface area contributed by atoms with Crippen molar-refractivity contribution in [2.24, 2.45) is 0 Å². The standard InChI is InChI=1S/C11H16N2O2/c1-12-11(15)10(13-8-14)7-9-5-3-2-4-6-9/h2-6,10,13-14H,7-8H2,1H3,(H,12,15). The van der Waals surface area contributed by atoms with E-state index in [1.165, 1.54) is 0 Å². The number of rotatable bonds is 5. The van der Waals surface area contributed by atoms with Crippen LogP contribution in [-0.4, -0.2) is 30.8 Å². The van der Waals surface area contributed by atoms with E-state index in [1.807, 2.05) is 30.3 Å². The molecule has 0 saturated carbocycles. The summed E-state index contributed by atoms with van der Waals surface area (Å²) < 4.78 is 0. The molecule has 0 bridgehead atoms. The van der Waals surface area contributed by atoms with Crippen molar-refractivity contribution in [2.45, 2.75) is 12.5 Å². The van der Waals surface area contributed by atoms with Crippen molar-refractivity contribution in [1.29, 1.82) is 0 Å². The van der Waals surface area contributed by atoms with Crippen molar-refractivity contribution in [3.63, 3.8) is 0 Å². The third-order valence-corrected chi connectivity index (χ3v) is 2.18. The lowest BCUT2D eigenvalue weighted by Gasteiger charge is -2.15. The minimum atomic E-state index is -0.387. The van der Waals surface area contributed by atoms with Gasteiger partial charge in [0, 0.05) is 7.05 Å². The summed E-state index contributed by atoms with van der Waals surface area (Å²) in [7, 11) is 1.58. The van der Waals surface area contributed by atoms with Crippen molar-refractivity contribution < 1.29 is 9.90 Å². The number of carbonyl (C=O) groups is 1. The molecular formula is C11H16N2O2. The number of carbonyl (C=O) groups excluding carboxylic acids is 1. The van der Waals surface area contributed by atoms with Crippen molar-refractivity contribution in [3.8, 4) is 0 Å². The van der Waals surface area contributed by atoms with Crippen LogP contribution in [0, 0.1) is 0 Å². The minimum Gasteiger partial charge on any atom is -0.381 e. The molecule has 0 heterocycles. The van der Waals surface area contributed by atoms with E-state index in [4.69, 9.17) is 5.11 Å². The summed E-state index contributed by atoms with van der Waals surface area (Å²) in [5, 5.41) is 14.1. The van der Waals surface area contributed by atoms with Gasteiger partial charge in [-0.25, -0.2) is 0 Å². The molecule has 4 nitrogen and oxygen atoms in total. The summed E-state index contributed by atoms with van der Waals surface area (Å²) in [6, 6.07) is 9.30. The zero-order valence-electron chi connectivity index (χ0n) is 8.73. The molecule has 4 heteroatoms. The summed E-state index contributed by atoms with van der Waals surface area (Å²) in [4.78, 5) is 11.4. The van der Waals surface area contributed by atoms with Crippen molar-refractivity contribution >= 4 is 5.91 Å². The summed E-state index contributed by atoms with van der Waals surface area (Å²) in [5.41, 5.74) is 1.06. The topological polar surface area (TPSA) is 61.4 Å². The second kappa shape index (κ2) is 6.16. The SMILES string of the molecule is CNC(=O)C(Cc1ccccc1)NCO. The fraction of sp³-hybridized carbons (Fsp3) is 0.364. The molecule has 3 N–H and O–H groups in total. The predicted octanol–water partition coefficient (Wildman–Crippen LogP) is -0.117. The van der Waals surface area contributed by atoms with Crippen molar-refractivity contribution in [1.82, 2.24) is 10.6 Å². The smallest absolute Gasteiger partial charge is 0.237 e. The molecule has 82 valence electrons. The molecule has 0 aliphatic heterocycles. The van der Waals surface area contributed by atoms with Crippen LogP contribution >= 0.6 is 0 Å². The Labute approximate surface area is 89.3 Å². The summed E-state index contributed by atoms with van der Waals surface area (Å²) in [6.45, 7) is -0.203. The summed E-state index contributed by atoms with van der Waals surface area (Å²) in [6.07, 6.45) is 0.571. The molecule has 0 aliphatic carbocycles. The Morgan fingerprint density at radius 2 is 2.07 bits per heavy atom. The Morgan fingerprint density at radius 3 is 2.60 bits per heavy atom. The molecule has 0 fully saturated rings. The molecule has 0 aliphatic rings. The van der Waals surface area contributed by atoms with Gasteiger partial charge in [0.1, 0.15) is 0 Å². The van der Waals surface area contributed by atoms with E-state index in [9.17, 15) is 4.79 Å². The number of benzene rings is 1. The Kier molecular flexibility index (Phi) is 4.80. The van der Waals surface area contributed by atoms with Crippen LogP contribution in [0.25, 0.3) is 0 Å². The van der Waals surface area contributed by atoms with Gasteiger partial charge < -0.3 is 10.4 Å². The Hall–Kier alpha value is -1.39. The minimum absolute atomic E-state index is 0.118. The van der Waals surface area contributed by atoms with Gasteiger partial charge in [-0.05, 0) is 12.0 Å². The van der Waals surface area contributed by atoms with Crippen LogP contribution in [-0.2, 0) is 11.2 Å². The third-order valence-electron chi connectivity index (χ3n) is 2.18. The molecule has 1 aromatic rings. The highest BCUT2D eigenvalue weighted by atomic mass is 16.3. The highest BCUT2D eigenvalue weighted by Crippen LogP contribution is 2.03. The summed E-state index contributed by atoms with van der Waals surface area (Å²) in [5.74, 6) is -0.118. The van der Waals surface area contributed by atoms with Crippen LogP contribution < -0.4 is 10.6 Å². The van der Waals surface area contributed by atoms with Gasteiger partial charge in [0.2, 0.25) is 5.91 Å². The van der Waals surface area contributed by atoms with E-state index in [0.717, 1.165) is 5.56 Å². The number of aliphatic hydroxyl groups is 1. The number of likely N-dealkylation sites (N-methyl/N-ethyl adjacent to an activating group) is 1. The number of aliphatic hydroxyl groups excluding tert-OH is 1. The molecular weight excluding hydrogens is 192 g/mol. The van der Waals surface area contributed by atoms with E-state index in [0.29, 0.717) is 6.42 Å². The Morgan fingerprint density at radius 1 is 1.40 bits per heavy atom. The number of hydrogen-bond donors (Lipinski definition) is 3. The van der Waals surface area contributed by atoms with E-state index in [1.54, 1.807) is 7.05 Å². The first-order valence-electron chi connectivity index (χ1n) is 4.87. The first kappa shape index (κ1) is 11.7. The molecule has 1 amide bonds. The molecule has 0 aromatic heterocycles. The average molecular weight is 208 g/mol. The van der Waals surface area contributed by atoms with E-state index in [-0.39, 0.29) is 18.7 Å². The van der Waals surface area contributed by atoms with Gasteiger partial charge in [0.05, 0.1) is 12.8 Å². The quantitative estimate of drug-likeness (QED) is 0.591. The molecule has 1 aromatic carbocycles. The highest BCUT2D eigenvalue weighted by molar-refractivity contribution is 5.81. The zero-order valence-corrected chi connectivity index (χ0v) is 8.73. The van der Waals surface area contributed by atoms with E-state index in [2.05, 4.69) is 10.6 Å². The van der Waals surface area contributed by atoms with Crippen LogP contribution in [0.3, 0.4) is 0 Å². The lowest BCUT2D eigenvalue weighted by molar-refractivity contribution is -0.123. The maximum Gasteiger partial charge on any atom is 0.237 e. The number of nitrogens with one attached hydrogen (secondary N) is 2. The largest absolute Gasteiger partial charge is 0.381 e. The number of hydrogen-bond acceptors (Lipinski definition) is 3. The van der Waals surface area contributed by atoms with E-state index >= 15 is 0 Å². The molecule has 0 spiro atoms. The maximum absolute atomic E-state index is 11.4. The van der Waals surface area contributed by atoms with Crippen LogP contribution in [0.15, 0.2) is 30.3 Å². The molecule has 1 atom stereocenters. The van der Waals surface area contributed by atoms with Crippen LogP contribution in [0.2, 0.25) is 0 Å². The zero-order chi connectivity index (χ0) is 11.1. The second-order valence-corrected chi connectivity index (χ2v) is 3.22. The Balaban J connectivity index is 2.62. The van der Waals surface area contributed by atoms with Gasteiger partial charge in [-0.15, -0.1) is 0 Å². The monoisotopic (exact) mass is 208 g/mol. The van der Waals surface area contributed by atoms with Gasteiger partial charge in [-0.3, -0.25) is 10.1 Å². The highest BCUT2D eigenvalue weighted by Gasteiger charge is 2.15. The summed E-state index contributed by atoms with van der Waals surface area (Å²) >= 11 is 0. The van der Waals surface area contributed by atoms with Gasteiger partial charge >= 0.3 is 0 Å². The van der Waals surface area contributed by atoms with Crippen LogP contribution in [0.5, 0.6) is 0 Å². The molecule has 15 heavy (non-hydrogen) atoms. The van der Waals surface area contributed by atoms with Crippen molar-refractivity contribution in [2.75, 3.05) is 13.8 Å². The predicted molar refractivity (Wildman–Crippen MR) is 58.2 cm³/mol. The van der Waals surface area contributed by atoms with Gasteiger partial charge in [-0.1, -0.05) is 30.3 Å². The average Bonchev–Trinajstić information content (AvgIpc) is 2.29. The molecule has 1 unspecified atom stereocenters. The molecule has 0 saturated heterocycles. The van der Waals surface area contributed by atoms with Gasteiger partial charge in [-0.2, -0.15) is 0 Å². The van der Waals surface area contributed by atoms with Crippen LogP contribution in [0.1, 0.15) is 5.56 Å². The first-order chi connectivity index (χ1) is 7.27. The third kappa shape index (κ3) is 3.69. The lowest BCUT2D eigenvalue weighted by atomic mass is 10.1. The fourth-order valence-corrected chi connectivity index (χ4v) is 1.39. The maximum atomic E-state index is 11.4. The van der Waals surface area contributed by atoms with Gasteiger partial charge in [0.25, 0.3) is 0 Å². The Bertz CT molecular complexity index is 301. The lowest BCUT2D eigenvalue weighted by Crippen LogP contribution is -2.44. The second-order valence-electron chi connectivity index (χ2n) is 3.22. The first-order valence-corrected chi connectivity index (χ1v) is 4.87. The number of amides is 1. The fourth-order valence-electron chi connectivity index (χ4n) is 1.39. The van der Waals surface area contributed by atoms with Crippen LogP contribution in [0.4, 0.5) is 0 Å². The van der Waals surface area contributed by atoms with Crippen molar-refractivity contribution in [3.05, 3.63) is 35.9 Å². The van der Waals surface area contributed by atoms with E-state index < -0.39 is 0 Å². The molecule has 0 radical (unpaired) electrons. The normalized spacial score (nSPS) is 12.1. The van der Waals surface area contributed by atoms with Gasteiger partial charge in [0.15, 0.2) is 0 Å².